The van der Waals surface area contributed by atoms with Crippen LogP contribution < -0.4 is 10.1 Å². The summed E-state index contributed by atoms with van der Waals surface area (Å²) in [5.74, 6) is 0.725. The van der Waals surface area contributed by atoms with Crippen molar-refractivity contribution in [2.24, 2.45) is 0 Å². The zero-order valence-corrected chi connectivity index (χ0v) is 8.49. The van der Waals surface area contributed by atoms with Gasteiger partial charge in [0.05, 0.1) is 12.3 Å². The number of ether oxygens (including phenoxy) is 1. The summed E-state index contributed by atoms with van der Waals surface area (Å²) < 4.78 is 5.33. The quantitative estimate of drug-likeness (QED) is 0.771. The number of nitrogens with one attached hydrogen (secondary N) is 1. The van der Waals surface area contributed by atoms with E-state index in [1.165, 1.54) is 12.8 Å². The topological polar surface area (TPSA) is 34.1 Å². The molecule has 2 rings (SSSR count). The number of rotatable bonds is 5. The molecule has 0 radical (unpaired) electrons. The third-order valence-electron chi connectivity index (χ3n) is 2.22. The molecule has 0 spiro atoms. The predicted molar refractivity (Wildman–Crippen MR) is 55.3 cm³/mol. The van der Waals surface area contributed by atoms with Crippen molar-refractivity contribution in [1.82, 2.24) is 10.3 Å². The first-order chi connectivity index (χ1) is 6.88. The average molecular weight is 192 g/mol. The molecule has 1 aromatic heterocycles. The Labute approximate surface area is 84.5 Å². The van der Waals surface area contributed by atoms with Gasteiger partial charge in [-0.15, -0.1) is 0 Å². The van der Waals surface area contributed by atoms with E-state index >= 15 is 0 Å². The first kappa shape index (κ1) is 9.46. The highest BCUT2D eigenvalue weighted by molar-refractivity contribution is 5.15. The highest BCUT2D eigenvalue weighted by Crippen LogP contribution is 2.19. The summed E-state index contributed by atoms with van der Waals surface area (Å²) in [6, 6.07) is 6.64. The first-order valence-corrected chi connectivity index (χ1v) is 5.20. The predicted octanol–water partition coefficient (Wildman–Crippen LogP) is 1.73. The van der Waals surface area contributed by atoms with Gasteiger partial charge >= 0.3 is 0 Å². The molecule has 1 saturated carbocycles. The minimum atomic E-state index is 0.673. The molecular weight excluding hydrogens is 176 g/mol. The van der Waals surface area contributed by atoms with Gasteiger partial charge in [-0.05, 0) is 25.8 Å². The summed E-state index contributed by atoms with van der Waals surface area (Å²) in [7, 11) is 0. The SMILES string of the molecule is CCOc1cccc(CNC2CC2)n1. The molecular formula is C11H16N2O. The molecule has 0 unspecified atom stereocenters. The Morgan fingerprint density at radius 2 is 2.36 bits per heavy atom. The zero-order chi connectivity index (χ0) is 9.80. The van der Waals surface area contributed by atoms with Crippen molar-refractivity contribution in [3.8, 4) is 5.88 Å². The third kappa shape index (κ3) is 2.70. The van der Waals surface area contributed by atoms with E-state index in [9.17, 15) is 0 Å². The van der Waals surface area contributed by atoms with Crippen molar-refractivity contribution < 1.29 is 4.74 Å². The van der Waals surface area contributed by atoms with Crippen LogP contribution in [-0.4, -0.2) is 17.6 Å². The third-order valence-corrected chi connectivity index (χ3v) is 2.22. The second-order valence-corrected chi connectivity index (χ2v) is 3.56. The van der Waals surface area contributed by atoms with Crippen LogP contribution in [0.15, 0.2) is 18.2 Å². The van der Waals surface area contributed by atoms with Gasteiger partial charge < -0.3 is 10.1 Å². The van der Waals surface area contributed by atoms with E-state index in [4.69, 9.17) is 4.74 Å². The highest BCUT2D eigenvalue weighted by Gasteiger charge is 2.20. The van der Waals surface area contributed by atoms with Gasteiger partial charge in [-0.2, -0.15) is 0 Å². The van der Waals surface area contributed by atoms with E-state index in [1.807, 2.05) is 25.1 Å². The fourth-order valence-corrected chi connectivity index (χ4v) is 1.32. The fourth-order valence-electron chi connectivity index (χ4n) is 1.32. The van der Waals surface area contributed by atoms with Crippen LogP contribution in [0.1, 0.15) is 25.5 Å². The molecule has 1 aliphatic carbocycles. The molecule has 3 heteroatoms. The molecule has 1 aromatic rings. The maximum Gasteiger partial charge on any atom is 0.213 e. The molecule has 0 atom stereocenters. The molecule has 0 aliphatic heterocycles. The first-order valence-electron chi connectivity index (χ1n) is 5.20. The standard InChI is InChI=1S/C11H16N2O/c1-2-14-11-5-3-4-10(13-11)8-12-9-6-7-9/h3-5,9,12H,2,6-8H2,1H3. The summed E-state index contributed by atoms with van der Waals surface area (Å²) in [4.78, 5) is 4.38. The van der Waals surface area contributed by atoms with E-state index in [-0.39, 0.29) is 0 Å². The van der Waals surface area contributed by atoms with Crippen LogP contribution in [0.25, 0.3) is 0 Å². The van der Waals surface area contributed by atoms with Gasteiger partial charge in [0.1, 0.15) is 0 Å². The molecule has 1 aliphatic rings. The summed E-state index contributed by atoms with van der Waals surface area (Å²) >= 11 is 0. The smallest absolute Gasteiger partial charge is 0.213 e. The van der Waals surface area contributed by atoms with E-state index in [0.717, 1.165) is 24.2 Å². The van der Waals surface area contributed by atoms with Gasteiger partial charge in [0.2, 0.25) is 5.88 Å². The molecule has 1 N–H and O–H groups in total. The second-order valence-electron chi connectivity index (χ2n) is 3.56. The van der Waals surface area contributed by atoms with E-state index < -0.39 is 0 Å². The Morgan fingerprint density at radius 3 is 3.07 bits per heavy atom. The number of hydrogen-bond donors (Lipinski definition) is 1. The van der Waals surface area contributed by atoms with Gasteiger partial charge in [0, 0.05) is 18.7 Å². The Balaban J connectivity index is 1.90. The minimum absolute atomic E-state index is 0.673. The van der Waals surface area contributed by atoms with E-state index in [1.54, 1.807) is 0 Å². The zero-order valence-electron chi connectivity index (χ0n) is 8.49. The summed E-state index contributed by atoms with van der Waals surface area (Å²) in [5, 5.41) is 3.42. The maximum atomic E-state index is 5.33. The number of aromatic nitrogens is 1. The van der Waals surface area contributed by atoms with Crippen molar-refractivity contribution in [2.75, 3.05) is 6.61 Å². The van der Waals surface area contributed by atoms with Gasteiger partial charge in [0.25, 0.3) is 0 Å². The normalized spacial score (nSPS) is 15.5. The lowest BCUT2D eigenvalue weighted by Gasteiger charge is -2.05. The Hall–Kier alpha value is -1.09. The van der Waals surface area contributed by atoms with E-state index in [0.29, 0.717) is 6.61 Å². The van der Waals surface area contributed by atoms with Gasteiger partial charge in [-0.25, -0.2) is 4.98 Å². The molecule has 14 heavy (non-hydrogen) atoms. The molecule has 0 amide bonds. The lowest BCUT2D eigenvalue weighted by Crippen LogP contribution is -2.16. The van der Waals surface area contributed by atoms with Crippen molar-refractivity contribution >= 4 is 0 Å². The van der Waals surface area contributed by atoms with E-state index in [2.05, 4.69) is 10.3 Å². The van der Waals surface area contributed by atoms with Crippen LogP contribution in [0.3, 0.4) is 0 Å². The fraction of sp³-hybridized carbons (Fsp3) is 0.545. The summed E-state index contributed by atoms with van der Waals surface area (Å²) in [6.07, 6.45) is 2.62. The van der Waals surface area contributed by atoms with Crippen molar-refractivity contribution in [2.45, 2.75) is 32.4 Å². The van der Waals surface area contributed by atoms with Gasteiger partial charge in [-0.3, -0.25) is 0 Å². The average Bonchev–Trinajstić information content (AvgIpc) is 2.99. The molecule has 76 valence electrons. The number of nitrogens with zero attached hydrogens (tertiary/aromatic N) is 1. The summed E-state index contributed by atoms with van der Waals surface area (Å²) in [5.41, 5.74) is 1.06. The van der Waals surface area contributed by atoms with Crippen LogP contribution in [0.2, 0.25) is 0 Å². The summed E-state index contributed by atoms with van der Waals surface area (Å²) in [6.45, 7) is 3.49. The van der Waals surface area contributed by atoms with Crippen LogP contribution in [0.4, 0.5) is 0 Å². The van der Waals surface area contributed by atoms with Crippen molar-refractivity contribution in [3.63, 3.8) is 0 Å². The highest BCUT2D eigenvalue weighted by atomic mass is 16.5. The van der Waals surface area contributed by atoms with Crippen LogP contribution >= 0.6 is 0 Å². The largest absolute Gasteiger partial charge is 0.478 e. The molecule has 0 bridgehead atoms. The number of pyridine rings is 1. The maximum absolute atomic E-state index is 5.33. The Kier molecular flexibility index (Phi) is 2.99. The van der Waals surface area contributed by atoms with Gasteiger partial charge in [-0.1, -0.05) is 6.07 Å². The molecule has 0 saturated heterocycles. The van der Waals surface area contributed by atoms with Crippen molar-refractivity contribution in [1.29, 1.82) is 0 Å². The van der Waals surface area contributed by atoms with Crippen LogP contribution in [0.5, 0.6) is 5.88 Å². The molecule has 1 fully saturated rings. The number of hydrogen-bond acceptors (Lipinski definition) is 3. The Bertz CT molecular complexity index is 297. The van der Waals surface area contributed by atoms with Crippen LogP contribution in [-0.2, 0) is 6.54 Å². The Morgan fingerprint density at radius 1 is 1.50 bits per heavy atom. The minimum Gasteiger partial charge on any atom is -0.478 e. The molecule has 0 aromatic carbocycles. The monoisotopic (exact) mass is 192 g/mol. The lowest BCUT2D eigenvalue weighted by molar-refractivity contribution is 0.325. The van der Waals surface area contributed by atoms with Crippen molar-refractivity contribution in [3.05, 3.63) is 23.9 Å². The molecule has 1 heterocycles. The lowest BCUT2D eigenvalue weighted by atomic mass is 10.3. The second kappa shape index (κ2) is 4.42. The van der Waals surface area contributed by atoms with Crippen LogP contribution in [0, 0.1) is 0 Å². The van der Waals surface area contributed by atoms with Gasteiger partial charge in [0.15, 0.2) is 0 Å². The molecule has 3 nitrogen and oxygen atoms in total.